The van der Waals surface area contributed by atoms with Crippen LogP contribution in [0.15, 0.2) is 24.3 Å². The molecule has 0 bridgehead atoms. The largest absolute Gasteiger partial charge is 0.368 e. The molecule has 2 aliphatic rings. The average Bonchev–Trinajstić information content (AvgIpc) is 3.13. The summed E-state index contributed by atoms with van der Waals surface area (Å²) in [4.78, 5) is 17.9. The van der Waals surface area contributed by atoms with Gasteiger partial charge in [-0.3, -0.25) is 4.79 Å². The highest BCUT2D eigenvalue weighted by Crippen LogP contribution is 2.28. The molecule has 1 fully saturated rings. The van der Waals surface area contributed by atoms with Gasteiger partial charge in [0.2, 0.25) is 0 Å². The minimum atomic E-state index is -0.207. The van der Waals surface area contributed by atoms with Gasteiger partial charge in [0, 0.05) is 48.3 Å². The molecule has 1 aromatic heterocycles. The third-order valence-electron chi connectivity index (χ3n) is 4.40. The third-order valence-corrected chi connectivity index (χ3v) is 4.40. The number of amides is 1. The molecule has 1 saturated heterocycles. The van der Waals surface area contributed by atoms with Gasteiger partial charge >= 0.3 is 0 Å². The Labute approximate surface area is 117 Å². The number of H-pyrrole nitrogens is 1. The summed E-state index contributed by atoms with van der Waals surface area (Å²) in [6.45, 7) is 2.22. The molecule has 0 saturated carbocycles. The molecule has 4 nitrogen and oxygen atoms in total. The second-order valence-corrected chi connectivity index (χ2v) is 5.64. The molecular formula is C16H18N2O2. The van der Waals surface area contributed by atoms with Crippen molar-refractivity contribution in [3.8, 4) is 0 Å². The van der Waals surface area contributed by atoms with Gasteiger partial charge in [-0.15, -0.1) is 0 Å². The summed E-state index contributed by atoms with van der Waals surface area (Å²) in [7, 11) is 0. The minimum absolute atomic E-state index is 0.165. The van der Waals surface area contributed by atoms with Crippen molar-refractivity contribution in [3.63, 3.8) is 0 Å². The molecule has 104 valence electrons. The number of carbonyl (C=O) groups is 1. The van der Waals surface area contributed by atoms with Gasteiger partial charge in [0.05, 0.1) is 0 Å². The number of aromatic amines is 1. The lowest BCUT2D eigenvalue weighted by atomic mass is 10.0. The van der Waals surface area contributed by atoms with Gasteiger partial charge in [0.1, 0.15) is 6.10 Å². The molecule has 20 heavy (non-hydrogen) atoms. The van der Waals surface area contributed by atoms with E-state index in [1.165, 1.54) is 22.2 Å². The Morgan fingerprint density at radius 3 is 3.10 bits per heavy atom. The van der Waals surface area contributed by atoms with Crippen LogP contribution in [0.3, 0.4) is 0 Å². The summed E-state index contributed by atoms with van der Waals surface area (Å²) in [5.74, 6) is 0.165. The lowest BCUT2D eigenvalue weighted by Gasteiger charge is -2.29. The van der Waals surface area contributed by atoms with E-state index in [0.717, 1.165) is 32.4 Å². The molecule has 1 amide bonds. The fourth-order valence-corrected chi connectivity index (χ4v) is 3.33. The molecule has 0 aliphatic carbocycles. The highest BCUT2D eigenvalue weighted by Gasteiger charge is 2.31. The van der Waals surface area contributed by atoms with Crippen LogP contribution in [0.1, 0.15) is 24.1 Å². The van der Waals surface area contributed by atoms with E-state index in [2.05, 4.69) is 23.2 Å². The monoisotopic (exact) mass is 270 g/mol. The van der Waals surface area contributed by atoms with E-state index in [9.17, 15) is 4.79 Å². The van der Waals surface area contributed by atoms with E-state index < -0.39 is 0 Å². The van der Waals surface area contributed by atoms with Crippen molar-refractivity contribution in [2.75, 3.05) is 13.2 Å². The summed E-state index contributed by atoms with van der Waals surface area (Å²) in [5.41, 5.74) is 3.73. The number of nitrogens with one attached hydrogen (secondary N) is 1. The lowest BCUT2D eigenvalue weighted by Crippen LogP contribution is -2.41. The van der Waals surface area contributed by atoms with Crippen LogP contribution in [-0.4, -0.2) is 35.0 Å². The summed E-state index contributed by atoms with van der Waals surface area (Å²) >= 11 is 0. The van der Waals surface area contributed by atoms with Crippen LogP contribution in [0.2, 0.25) is 0 Å². The number of fused-ring (bicyclic) bond motifs is 3. The number of hydrogen-bond donors (Lipinski definition) is 1. The first-order valence-electron chi connectivity index (χ1n) is 7.32. The number of nitrogens with zero attached hydrogens (tertiary/aromatic N) is 1. The van der Waals surface area contributed by atoms with E-state index in [1.54, 1.807) is 0 Å². The molecule has 4 heteroatoms. The van der Waals surface area contributed by atoms with Gasteiger partial charge in [-0.25, -0.2) is 0 Å². The van der Waals surface area contributed by atoms with Crippen LogP contribution in [0, 0.1) is 0 Å². The Morgan fingerprint density at radius 1 is 1.35 bits per heavy atom. The zero-order valence-electron chi connectivity index (χ0n) is 11.4. The summed E-state index contributed by atoms with van der Waals surface area (Å²) < 4.78 is 5.53. The van der Waals surface area contributed by atoms with Crippen LogP contribution in [0.5, 0.6) is 0 Å². The van der Waals surface area contributed by atoms with Crippen LogP contribution in [0.4, 0.5) is 0 Å². The minimum Gasteiger partial charge on any atom is -0.368 e. The van der Waals surface area contributed by atoms with Gasteiger partial charge in [0.25, 0.3) is 5.91 Å². The first-order valence-corrected chi connectivity index (χ1v) is 7.32. The van der Waals surface area contributed by atoms with Crippen LogP contribution in [-0.2, 0) is 22.5 Å². The number of rotatable bonds is 1. The van der Waals surface area contributed by atoms with Crippen LogP contribution in [0.25, 0.3) is 10.9 Å². The summed E-state index contributed by atoms with van der Waals surface area (Å²) in [6.07, 6.45) is 2.57. The molecule has 0 radical (unpaired) electrons. The van der Waals surface area contributed by atoms with Gasteiger partial charge in [0.15, 0.2) is 0 Å². The second kappa shape index (κ2) is 4.63. The Balaban J connectivity index is 1.63. The fourth-order valence-electron chi connectivity index (χ4n) is 3.33. The van der Waals surface area contributed by atoms with Crippen molar-refractivity contribution in [1.82, 2.24) is 9.88 Å². The molecule has 2 aromatic rings. The molecule has 3 heterocycles. The topological polar surface area (TPSA) is 45.3 Å². The lowest BCUT2D eigenvalue weighted by molar-refractivity contribution is -0.141. The second-order valence-electron chi connectivity index (χ2n) is 5.64. The number of hydrogen-bond acceptors (Lipinski definition) is 2. The van der Waals surface area contributed by atoms with Crippen LogP contribution >= 0.6 is 0 Å². The van der Waals surface area contributed by atoms with Gasteiger partial charge in [-0.1, -0.05) is 18.2 Å². The number of carbonyl (C=O) groups excluding carboxylic acids is 1. The molecule has 2 aliphatic heterocycles. The molecule has 1 N–H and O–H groups in total. The zero-order chi connectivity index (χ0) is 13.5. The van der Waals surface area contributed by atoms with Crippen LogP contribution < -0.4 is 0 Å². The van der Waals surface area contributed by atoms with E-state index in [4.69, 9.17) is 4.74 Å². The van der Waals surface area contributed by atoms with E-state index in [0.29, 0.717) is 6.54 Å². The predicted octanol–water partition coefficient (Wildman–Crippen LogP) is 2.23. The molecule has 0 spiro atoms. The van der Waals surface area contributed by atoms with E-state index in [-0.39, 0.29) is 12.0 Å². The first kappa shape index (κ1) is 12.0. The normalized spacial score (nSPS) is 22.2. The molecule has 1 atom stereocenters. The van der Waals surface area contributed by atoms with E-state index >= 15 is 0 Å². The molecule has 4 rings (SSSR count). The highest BCUT2D eigenvalue weighted by atomic mass is 16.5. The molecule has 1 unspecified atom stereocenters. The average molecular weight is 270 g/mol. The Hall–Kier alpha value is -1.81. The van der Waals surface area contributed by atoms with Gasteiger partial charge < -0.3 is 14.6 Å². The smallest absolute Gasteiger partial charge is 0.252 e. The predicted molar refractivity (Wildman–Crippen MR) is 76.4 cm³/mol. The molecular weight excluding hydrogens is 252 g/mol. The first-order chi connectivity index (χ1) is 9.83. The summed E-state index contributed by atoms with van der Waals surface area (Å²) in [5, 5.41) is 1.24. The van der Waals surface area contributed by atoms with Crippen molar-refractivity contribution >= 4 is 16.8 Å². The zero-order valence-corrected chi connectivity index (χ0v) is 11.4. The Morgan fingerprint density at radius 2 is 2.25 bits per heavy atom. The van der Waals surface area contributed by atoms with Gasteiger partial charge in [-0.2, -0.15) is 0 Å². The van der Waals surface area contributed by atoms with Crippen molar-refractivity contribution in [2.45, 2.75) is 31.9 Å². The third kappa shape index (κ3) is 1.83. The number of aromatic nitrogens is 1. The van der Waals surface area contributed by atoms with E-state index in [1.807, 2.05) is 11.0 Å². The maximum absolute atomic E-state index is 12.5. The standard InChI is InChI=1S/C16H18N2O2/c19-16(15-6-3-9-20-15)18-8-7-14-12(10-18)11-4-1-2-5-13(11)17-14/h1-2,4-5,15,17H,3,6-10H2. The number of ether oxygens (including phenoxy) is 1. The highest BCUT2D eigenvalue weighted by molar-refractivity contribution is 5.87. The van der Waals surface area contributed by atoms with Crippen molar-refractivity contribution in [2.24, 2.45) is 0 Å². The maximum atomic E-state index is 12.5. The van der Waals surface area contributed by atoms with Crippen molar-refractivity contribution < 1.29 is 9.53 Å². The SMILES string of the molecule is O=C(C1CCCO1)N1CCc2[nH]c3ccccc3c2C1. The quantitative estimate of drug-likeness (QED) is 0.863. The fraction of sp³-hybridized carbons (Fsp3) is 0.438. The summed E-state index contributed by atoms with van der Waals surface area (Å²) in [6, 6.07) is 8.32. The number of para-hydroxylation sites is 1. The van der Waals surface area contributed by atoms with Crippen molar-refractivity contribution in [1.29, 1.82) is 0 Å². The Bertz CT molecular complexity index is 656. The molecule has 1 aromatic carbocycles. The number of benzene rings is 1. The van der Waals surface area contributed by atoms with Crippen molar-refractivity contribution in [3.05, 3.63) is 35.5 Å². The Kier molecular flexibility index (Phi) is 2.77. The maximum Gasteiger partial charge on any atom is 0.252 e. The van der Waals surface area contributed by atoms with Gasteiger partial charge in [-0.05, 0) is 18.9 Å².